The van der Waals surface area contributed by atoms with Crippen LogP contribution in [0.25, 0.3) is 0 Å². The van der Waals surface area contributed by atoms with Gasteiger partial charge in [-0.3, -0.25) is 9.79 Å². The first kappa shape index (κ1) is 15.0. The van der Waals surface area contributed by atoms with Crippen molar-refractivity contribution in [3.05, 3.63) is 60.7 Å². The van der Waals surface area contributed by atoms with Crippen LogP contribution in [-0.4, -0.2) is 16.2 Å². The lowest BCUT2D eigenvalue weighted by Gasteiger charge is -2.03. The molecule has 0 aliphatic carbocycles. The van der Waals surface area contributed by atoms with Gasteiger partial charge >= 0.3 is 0 Å². The zero-order valence-corrected chi connectivity index (χ0v) is 12.7. The van der Waals surface area contributed by atoms with Gasteiger partial charge in [0.2, 0.25) is 0 Å². The Hall–Kier alpha value is -1.36. The van der Waals surface area contributed by atoms with Crippen LogP contribution in [0.4, 0.5) is 0 Å². The highest BCUT2D eigenvalue weighted by atomic mass is 35.5. The third-order valence-corrected chi connectivity index (χ3v) is 3.61. The summed E-state index contributed by atoms with van der Waals surface area (Å²) in [5, 5.41) is 1.20. The van der Waals surface area contributed by atoms with Crippen LogP contribution in [0.1, 0.15) is 17.1 Å². The number of rotatable bonds is 3. The molecule has 0 amide bonds. The van der Waals surface area contributed by atoms with E-state index in [1.807, 2.05) is 0 Å². The van der Waals surface area contributed by atoms with Crippen molar-refractivity contribution in [2.45, 2.75) is 13.5 Å². The Balaban J connectivity index is 2.22. The number of hydrogen-bond donors (Lipinski definition) is 1. The fraction of sp³-hybridized carbons (Fsp3) is 0.154. The highest BCUT2D eigenvalue weighted by Gasteiger charge is 2.07. The Labute approximate surface area is 130 Å². The van der Waals surface area contributed by atoms with Crippen LogP contribution in [-0.2, 0) is 6.54 Å². The van der Waals surface area contributed by atoms with Crippen LogP contribution in [0.2, 0.25) is 15.1 Å². The van der Waals surface area contributed by atoms with Crippen molar-refractivity contribution in [3.63, 3.8) is 0 Å². The van der Waals surface area contributed by atoms with Crippen LogP contribution >= 0.6 is 34.8 Å². The summed E-state index contributed by atoms with van der Waals surface area (Å²) in [4.78, 5) is 22.2. The van der Waals surface area contributed by atoms with Crippen molar-refractivity contribution >= 4 is 41.0 Å². The molecule has 1 aromatic heterocycles. The summed E-state index contributed by atoms with van der Waals surface area (Å²) in [6, 6.07) is 4.67. The molecule has 0 aliphatic heterocycles. The Morgan fingerprint density at radius 3 is 2.70 bits per heavy atom. The van der Waals surface area contributed by atoms with Gasteiger partial charge in [-0.15, -0.1) is 0 Å². The van der Waals surface area contributed by atoms with Crippen molar-refractivity contribution in [1.29, 1.82) is 0 Å². The molecular formula is C13H10Cl3N3O. The number of hydrogen-bond acceptors (Lipinski definition) is 3. The number of benzene rings is 1. The predicted octanol–water partition coefficient (Wildman–Crippen LogP) is 3.66. The van der Waals surface area contributed by atoms with E-state index in [1.54, 1.807) is 19.1 Å². The molecule has 0 bridgehead atoms. The summed E-state index contributed by atoms with van der Waals surface area (Å²) >= 11 is 18.0. The number of aliphatic imine (C=N–C) groups is 1. The van der Waals surface area contributed by atoms with E-state index in [0.29, 0.717) is 32.1 Å². The molecule has 1 heterocycles. The van der Waals surface area contributed by atoms with E-state index < -0.39 is 0 Å². The van der Waals surface area contributed by atoms with Gasteiger partial charge in [0.25, 0.3) is 5.56 Å². The molecule has 7 heteroatoms. The number of halogens is 3. The van der Waals surface area contributed by atoms with Gasteiger partial charge in [0.15, 0.2) is 0 Å². The van der Waals surface area contributed by atoms with E-state index in [-0.39, 0.29) is 12.1 Å². The molecule has 2 rings (SSSR count). The monoisotopic (exact) mass is 329 g/mol. The van der Waals surface area contributed by atoms with Gasteiger partial charge in [-0.1, -0.05) is 34.8 Å². The van der Waals surface area contributed by atoms with Crippen molar-refractivity contribution in [1.82, 2.24) is 9.97 Å². The maximum atomic E-state index is 11.3. The van der Waals surface area contributed by atoms with Crippen molar-refractivity contribution in [2.75, 3.05) is 0 Å². The molecule has 0 aliphatic rings. The summed E-state index contributed by atoms with van der Waals surface area (Å²) in [7, 11) is 0. The zero-order valence-electron chi connectivity index (χ0n) is 10.5. The summed E-state index contributed by atoms with van der Waals surface area (Å²) < 4.78 is 0. The Morgan fingerprint density at radius 2 is 2.00 bits per heavy atom. The average Bonchev–Trinajstić information content (AvgIpc) is 2.37. The molecule has 0 atom stereocenters. The maximum absolute atomic E-state index is 11.3. The van der Waals surface area contributed by atoms with Crippen molar-refractivity contribution < 1.29 is 0 Å². The van der Waals surface area contributed by atoms with Crippen LogP contribution < -0.4 is 5.56 Å². The number of H-pyrrole nitrogens is 1. The van der Waals surface area contributed by atoms with Gasteiger partial charge in [-0.2, -0.15) is 0 Å². The normalized spacial score (nSPS) is 11.2. The van der Waals surface area contributed by atoms with E-state index in [1.165, 1.54) is 12.3 Å². The fourth-order valence-electron chi connectivity index (χ4n) is 1.60. The summed E-state index contributed by atoms with van der Waals surface area (Å²) in [6.45, 7) is 1.96. The maximum Gasteiger partial charge on any atom is 0.251 e. The van der Waals surface area contributed by atoms with E-state index in [0.717, 1.165) is 0 Å². The van der Waals surface area contributed by atoms with Gasteiger partial charge in [0.05, 0.1) is 21.6 Å². The van der Waals surface area contributed by atoms with Crippen LogP contribution in [0, 0.1) is 6.92 Å². The zero-order chi connectivity index (χ0) is 14.7. The SMILES string of the molecule is Cc1cc(=O)[nH]c(CN=Cc2c(Cl)ccc(Cl)c2Cl)n1. The smallest absolute Gasteiger partial charge is 0.251 e. The Morgan fingerprint density at radius 1 is 1.30 bits per heavy atom. The number of aromatic amines is 1. The fourth-order valence-corrected chi connectivity index (χ4v) is 2.23. The summed E-state index contributed by atoms with van der Waals surface area (Å²) in [6.07, 6.45) is 1.51. The molecule has 1 N–H and O–H groups in total. The topological polar surface area (TPSA) is 58.1 Å². The molecular weight excluding hydrogens is 321 g/mol. The highest BCUT2D eigenvalue weighted by Crippen LogP contribution is 2.30. The summed E-state index contributed by atoms with van der Waals surface area (Å²) in [5.41, 5.74) is 0.968. The molecule has 1 aromatic carbocycles. The first-order valence-corrected chi connectivity index (χ1v) is 6.81. The van der Waals surface area contributed by atoms with E-state index >= 15 is 0 Å². The highest BCUT2D eigenvalue weighted by molar-refractivity contribution is 6.45. The standard InChI is InChI=1S/C13H10Cl3N3O/c1-7-4-12(20)19-11(18-7)6-17-5-8-9(14)2-3-10(15)13(8)16/h2-5H,6H2,1H3,(H,18,19,20). The lowest BCUT2D eigenvalue weighted by Crippen LogP contribution is -2.10. The van der Waals surface area contributed by atoms with Gasteiger partial charge in [-0.05, 0) is 19.1 Å². The van der Waals surface area contributed by atoms with E-state index in [9.17, 15) is 4.79 Å². The lowest BCUT2D eigenvalue weighted by molar-refractivity contribution is 0.878. The molecule has 4 nitrogen and oxygen atoms in total. The second-order valence-corrected chi connectivity index (χ2v) is 5.25. The van der Waals surface area contributed by atoms with Gasteiger partial charge in [0.1, 0.15) is 5.82 Å². The van der Waals surface area contributed by atoms with Gasteiger partial charge < -0.3 is 4.98 Å². The largest absolute Gasteiger partial charge is 0.309 e. The second-order valence-electron chi connectivity index (χ2n) is 4.06. The molecule has 0 saturated carbocycles. The minimum absolute atomic E-state index is 0.207. The number of nitrogens with zero attached hydrogens (tertiary/aromatic N) is 2. The van der Waals surface area contributed by atoms with Crippen molar-refractivity contribution in [3.8, 4) is 0 Å². The molecule has 2 aromatic rings. The van der Waals surface area contributed by atoms with Crippen LogP contribution in [0.15, 0.2) is 28.0 Å². The first-order valence-electron chi connectivity index (χ1n) is 5.67. The molecule has 20 heavy (non-hydrogen) atoms. The number of aromatic nitrogens is 2. The number of aryl methyl sites for hydroxylation is 1. The molecule has 0 radical (unpaired) electrons. The minimum Gasteiger partial charge on any atom is -0.309 e. The van der Waals surface area contributed by atoms with Gasteiger partial charge in [-0.25, -0.2) is 4.98 Å². The third-order valence-electron chi connectivity index (χ3n) is 2.46. The van der Waals surface area contributed by atoms with E-state index in [2.05, 4.69) is 15.0 Å². The quantitative estimate of drug-likeness (QED) is 0.689. The first-order chi connectivity index (χ1) is 9.47. The lowest BCUT2D eigenvalue weighted by atomic mass is 10.2. The molecule has 0 unspecified atom stereocenters. The van der Waals surface area contributed by atoms with Crippen LogP contribution in [0.3, 0.4) is 0 Å². The minimum atomic E-state index is -0.207. The molecule has 104 valence electrons. The second kappa shape index (κ2) is 6.39. The van der Waals surface area contributed by atoms with Crippen molar-refractivity contribution in [2.24, 2.45) is 4.99 Å². The van der Waals surface area contributed by atoms with Crippen LogP contribution in [0.5, 0.6) is 0 Å². The molecule has 0 saturated heterocycles. The molecule has 0 spiro atoms. The average molecular weight is 331 g/mol. The Bertz CT molecular complexity index is 725. The third kappa shape index (κ3) is 3.60. The van der Waals surface area contributed by atoms with E-state index in [4.69, 9.17) is 34.8 Å². The molecule has 0 fully saturated rings. The Kier molecular flexibility index (Phi) is 4.81. The predicted molar refractivity (Wildman–Crippen MR) is 82.4 cm³/mol. The van der Waals surface area contributed by atoms with Gasteiger partial charge in [0, 0.05) is 23.5 Å². The summed E-state index contributed by atoms with van der Waals surface area (Å²) in [5.74, 6) is 0.473. The number of nitrogens with one attached hydrogen (secondary N) is 1.